The van der Waals surface area contributed by atoms with Gasteiger partial charge in [0.2, 0.25) is 0 Å². The van der Waals surface area contributed by atoms with Crippen LogP contribution >= 0.6 is 0 Å². The second-order valence-electron chi connectivity index (χ2n) is 5.16. The zero-order valence-corrected chi connectivity index (χ0v) is 16.0. The first kappa shape index (κ1) is 15.7. The molecular formula is C12H32Si3. The van der Waals surface area contributed by atoms with Crippen LogP contribution in [0, 0.1) is 0 Å². The van der Waals surface area contributed by atoms with Gasteiger partial charge in [-0.25, -0.2) is 0 Å². The Kier molecular flexibility index (Phi) is 10.3. The highest BCUT2D eigenvalue weighted by Gasteiger charge is 2.28. The van der Waals surface area contributed by atoms with Gasteiger partial charge >= 0.3 is 0 Å². The van der Waals surface area contributed by atoms with Gasteiger partial charge in [0.05, 0.1) is 0 Å². The molecule has 0 nitrogen and oxygen atoms in total. The molecule has 0 atom stereocenters. The first-order valence-corrected chi connectivity index (χ1v) is 17.8. The summed E-state index contributed by atoms with van der Waals surface area (Å²) in [5.41, 5.74) is 0. The van der Waals surface area contributed by atoms with Crippen LogP contribution in [0.2, 0.25) is 18.1 Å². The van der Waals surface area contributed by atoms with E-state index >= 15 is 0 Å². The molecule has 0 bridgehead atoms. The summed E-state index contributed by atoms with van der Waals surface area (Å²) < 4.78 is 0. The smallest absolute Gasteiger partial charge is 0.0367 e. The van der Waals surface area contributed by atoms with E-state index in [1.165, 1.54) is 19.3 Å². The van der Waals surface area contributed by atoms with Crippen molar-refractivity contribution in [1.29, 1.82) is 0 Å². The van der Waals surface area contributed by atoms with Crippen LogP contribution in [0.5, 0.6) is 0 Å². The van der Waals surface area contributed by atoms with Crippen molar-refractivity contribution in [3.63, 3.8) is 0 Å². The largest absolute Gasteiger partial charge is 0.0654 e. The van der Waals surface area contributed by atoms with Crippen LogP contribution in [0.3, 0.4) is 0 Å². The highest BCUT2D eigenvalue weighted by Crippen LogP contribution is 2.26. The molecule has 0 amide bonds. The minimum atomic E-state index is -0.632. The lowest BCUT2D eigenvalue weighted by Crippen LogP contribution is -2.42. The zero-order chi connectivity index (χ0) is 11.6. The molecule has 0 aromatic carbocycles. The molecule has 0 spiro atoms. The average Bonchev–Trinajstić information content (AvgIpc) is 2.29. The second kappa shape index (κ2) is 9.85. The van der Waals surface area contributed by atoms with Crippen molar-refractivity contribution < 1.29 is 0 Å². The molecule has 0 rings (SSSR count). The van der Waals surface area contributed by atoms with Gasteiger partial charge in [-0.05, 0) is 9.76 Å². The highest BCUT2D eigenvalue weighted by atomic mass is 29.5. The van der Waals surface area contributed by atoms with Crippen molar-refractivity contribution in [3.05, 3.63) is 0 Å². The van der Waals surface area contributed by atoms with E-state index in [1.54, 1.807) is 47.2 Å². The molecule has 0 radical (unpaired) electrons. The van der Waals surface area contributed by atoms with E-state index in [1.807, 2.05) is 0 Å². The molecular weight excluding hydrogens is 228 g/mol. The van der Waals surface area contributed by atoms with Crippen LogP contribution in [0.15, 0.2) is 0 Å². The summed E-state index contributed by atoms with van der Waals surface area (Å²) in [6, 6.07) is 5.12. The van der Waals surface area contributed by atoms with E-state index in [9.17, 15) is 0 Å². The Balaban J connectivity index is 4.16. The summed E-state index contributed by atoms with van der Waals surface area (Å²) in [6.07, 6.45) is 8.95. The number of rotatable bonds is 10. The van der Waals surface area contributed by atoms with E-state index < -0.39 is 7.59 Å². The lowest BCUT2D eigenvalue weighted by atomic mass is 10.4. The first-order chi connectivity index (χ1) is 7.24. The SMILES string of the molecule is CCCC[Si](CCCC)(CCCC)[SiH2][SiH3]. The van der Waals surface area contributed by atoms with Crippen molar-refractivity contribution in [2.45, 2.75) is 77.4 Å². The third-order valence-electron chi connectivity index (χ3n) is 3.93. The molecule has 15 heavy (non-hydrogen) atoms. The van der Waals surface area contributed by atoms with E-state index in [0.29, 0.717) is 8.55 Å². The monoisotopic (exact) mass is 260 g/mol. The predicted octanol–water partition coefficient (Wildman–Crippen LogP) is 2.78. The number of hydrogen-bond donors (Lipinski definition) is 0. The van der Waals surface area contributed by atoms with E-state index in [2.05, 4.69) is 20.8 Å². The topological polar surface area (TPSA) is 0 Å². The van der Waals surface area contributed by atoms with Crippen LogP contribution in [-0.2, 0) is 0 Å². The van der Waals surface area contributed by atoms with Gasteiger partial charge in [0.1, 0.15) is 0 Å². The second-order valence-corrected chi connectivity index (χ2v) is 23.4. The van der Waals surface area contributed by atoms with Gasteiger partial charge < -0.3 is 0 Å². The van der Waals surface area contributed by atoms with Crippen molar-refractivity contribution >= 4 is 25.9 Å². The third kappa shape index (κ3) is 6.74. The average molecular weight is 261 g/mol. The fourth-order valence-electron chi connectivity index (χ4n) is 2.56. The van der Waals surface area contributed by atoms with Crippen molar-refractivity contribution in [1.82, 2.24) is 0 Å². The maximum absolute atomic E-state index is 2.37. The van der Waals surface area contributed by atoms with Crippen LogP contribution in [0.25, 0.3) is 0 Å². The molecule has 0 aliphatic carbocycles. The Labute approximate surface area is 103 Å². The maximum atomic E-state index is 2.37. The standard InChI is InChI=1S/C12H32Si3/c1-4-7-10-15(14-13,11-8-5-2)12-9-6-3/h4-12,14H2,1-3,13H3. The fourth-order valence-corrected chi connectivity index (χ4v) is 22.7. The molecule has 0 fully saturated rings. The summed E-state index contributed by atoms with van der Waals surface area (Å²) >= 11 is 0. The zero-order valence-electron chi connectivity index (χ0n) is 11.6. The predicted molar refractivity (Wildman–Crippen MR) is 83.4 cm³/mol. The molecule has 0 saturated heterocycles. The molecule has 92 valence electrons. The summed E-state index contributed by atoms with van der Waals surface area (Å²) in [4.78, 5) is 0. The number of unbranched alkanes of at least 4 members (excludes halogenated alkanes) is 3. The number of hydrogen-bond acceptors (Lipinski definition) is 0. The van der Waals surface area contributed by atoms with E-state index in [4.69, 9.17) is 0 Å². The Morgan fingerprint density at radius 3 is 1.33 bits per heavy atom. The van der Waals surface area contributed by atoms with E-state index in [-0.39, 0.29) is 0 Å². The normalized spacial score (nSPS) is 13.0. The maximum Gasteiger partial charge on any atom is 0.0367 e. The lowest BCUT2D eigenvalue weighted by molar-refractivity contribution is 0.806. The quantitative estimate of drug-likeness (QED) is 0.530. The van der Waals surface area contributed by atoms with Gasteiger partial charge in [-0.1, -0.05) is 77.4 Å². The summed E-state index contributed by atoms with van der Waals surface area (Å²) in [5.74, 6) is 0. The van der Waals surface area contributed by atoms with Crippen LogP contribution in [-0.4, -0.2) is 25.9 Å². The van der Waals surface area contributed by atoms with E-state index in [0.717, 1.165) is 0 Å². The lowest BCUT2D eigenvalue weighted by Gasteiger charge is -2.31. The molecule has 0 saturated carbocycles. The third-order valence-corrected chi connectivity index (χ3v) is 30.9. The van der Waals surface area contributed by atoms with Crippen molar-refractivity contribution in [2.24, 2.45) is 0 Å². The Bertz CT molecular complexity index is 115. The van der Waals surface area contributed by atoms with Gasteiger partial charge in [0.25, 0.3) is 0 Å². The summed E-state index contributed by atoms with van der Waals surface area (Å²) in [7, 11) is 1.40. The summed E-state index contributed by atoms with van der Waals surface area (Å²) in [5, 5.41) is 0. The van der Waals surface area contributed by atoms with Gasteiger partial charge in [-0.2, -0.15) is 0 Å². The molecule has 0 unspecified atom stereocenters. The molecule has 0 aromatic rings. The van der Waals surface area contributed by atoms with Gasteiger partial charge in [0.15, 0.2) is 0 Å². The molecule has 0 N–H and O–H groups in total. The molecule has 3 heteroatoms. The molecule has 0 aromatic heterocycles. The minimum Gasteiger partial charge on any atom is -0.0654 e. The van der Waals surface area contributed by atoms with Crippen molar-refractivity contribution in [3.8, 4) is 0 Å². The molecule has 0 heterocycles. The minimum absolute atomic E-state index is 0.438. The Hall–Kier alpha value is 0.651. The van der Waals surface area contributed by atoms with Crippen LogP contribution in [0.4, 0.5) is 0 Å². The van der Waals surface area contributed by atoms with Crippen LogP contribution in [0.1, 0.15) is 59.3 Å². The van der Waals surface area contributed by atoms with Gasteiger partial charge in [0, 0.05) is 16.1 Å². The highest BCUT2D eigenvalue weighted by molar-refractivity contribution is 7.40. The molecule has 0 aliphatic heterocycles. The molecule has 0 aliphatic rings. The Morgan fingerprint density at radius 1 is 0.800 bits per heavy atom. The fraction of sp³-hybridized carbons (Fsp3) is 1.00. The van der Waals surface area contributed by atoms with Crippen molar-refractivity contribution in [2.75, 3.05) is 0 Å². The Morgan fingerprint density at radius 2 is 1.13 bits per heavy atom. The van der Waals surface area contributed by atoms with Gasteiger partial charge in [-0.15, -0.1) is 0 Å². The van der Waals surface area contributed by atoms with Gasteiger partial charge in [-0.3, -0.25) is 0 Å². The van der Waals surface area contributed by atoms with Crippen LogP contribution < -0.4 is 0 Å². The summed E-state index contributed by atoms with van der Waals surface area (Å²) in [6.45, 7) is 7.11. The first-order valence-electron chi connectivity index (χ1n) is 7.24.